The lowest BCUT2D eigenvalue weighted by Gasteiger charge is -2.37. The maximum atomic E-state index is 13.4. The van der Waals surface area contributed by atoms with Gasteiger partial charge in [-0.25, -0.2) is 4.39 Å². The van der Waals surface area contributed by atoms with Gasteiger partial charge in [0.2, 0.25) is 0 Å². The summed E-state index contributed by atoms with van der Waals surface area (Å²) in [6.45, 7) is 5.93. The van der Waals surface area contributed by atoms with Crippen LogP contribution in [-0.4, -0.2) is 50.3 Å². The van der Waals surface area contributed by atoms with Crippen molar-refractivity contribution in [2.45, 2.75) is 31.9 Å². The van der Waals surface area contributed by atoms with E-state index in [4.69, 9.17) is 16.3 Å². The van der Waals surface area contributed by atoms with Crippen LogP contribution in [0.15, 0.2) is 18.2 Å². The van der Waals surface area contributed by atoms with E-state index in [-0.39, 0.29) is 18.0 Å². The van der Waals surface area contributed by atoms with Gasteiger partial charge in [0.15, 0.2) is 0 Å². The summed E-state index contributed by atoms with van der Waals surface area (Å²) in [6, 6.07) is 4.65. The van der Waals surface area contributed by atoms with Crippen LogP contribution in [0.5, 0.6) is 0 Å². The Morgan fingerprint density at radius 3 is 3.05 bits per heavy atom. The minimum absolute atomic E-state index is 0.106. The second kappa shape index (κ2) is 8.08. The molecule has 1 heterocycles. The fraction of sp³-hybridized carbons (Fsp3) is 0.625. The molecule has 2 unspecified atom stereocenters. The summed E-state index contributed by atoms with van der Waals surface area (Å²) in [5.41, 5.74) is 0.826. The molecule has 1 aromatic rings. The third-order valence-electron chi connectivity index (χ3n) is 3.98. The van der Waals surface area contributed by atoms with Crippen LogP contribution in [0, 0.1) is 5.82 Å². The predicted octanol–water partition coefficient (Wildman–Crippen LogP) is 2.72. The molecule has 1 saturated heterocycles. The van der Waals surface area contributed by atoms with Crippen LogP contribution >= 0.6 is 11.6 Å². The van der Waals surface area contributed by atoms with Crippen molar-refractivity contribution in [3.05, 3.63) is 34.6 Å². The van der Waals surface area contributed by atoms with Gasteiger partial charge in [0.1, 0.15) is 5.82 Å². The molecule has 0 aromatic heterocycles. The van der Waals surface area contributed by atoms with E-state index < -0.39 is 0 Å². The Bertz CT molecular complexity index is 456. The number of benzene rings is 1. The van der Waals surface area contributed by atoms with Crippen LogP contribution in [0.3, 0.4) is 0 Å². The van der Waals surface area contributed by atoms with E-state index in [2.05, 4.69) is 17.1 Å². The molecule has 118 valence electrons. The van der Waals surface area contributed by atoms with Gasteiger partial charge in [0, 0.05) is 24.2 Å². The highest BCUT2D eigenvalue weighted by molar-refractivity contribution is 6.31. The molecule has 1 aromatic carbocycles. The molecule has 0 amide bonds. The number of ether oxygens (including phenoxy) is 1. The fourth-order valence-electron chi connectivity index (χ4n) is 2.85. The van der Waals surface area contributed by atoms with Crippen molar-refractivity contribution in [2.75, 3.05) is 33.3 Å². The molecule has 5 heteroatoms. The quantitative estimate of drug-likeness (QED) is 0.874. The van der Waals surface area contributed by atoms with E-state index in [1.807, 2.05) is 7.05 Å². The van der Waals surface area contributed by atoms with Gasteiger partial charge < -0.3 is 10.1 Å². The van der Waals surface area contributed by atoms with Gasteiger partial charge >= 0.3 is 0 Å². The third kappa shape index (κ3) is 4.65. The zero-order valence-corrected chi connectivity index (χ0v) is 13.5. The molecule has 1 N–H and O–H groups in total. The molecule has 0 aliphatic carbocycles. The fourth-order valence-corrected chi connectivity index (χ4v) is 3.05. The molecular weight excluding hydrogens is 291 g/mol. The molecule has 1 aliphatic rings. The van der Waals surface area contributed by atoms with Crippen LogP contribution in [0.4, 0.5) is 4.39 Å². The highest BCUT2D eigenvalue weighted by Gasteiger charge is 2.27. The van der Waals surface area contributed by atoms with Crippen molar-refractivity contribution in [1.82, 2.24) is 10.2 Å². The number of halogens is 2. The van der Waals surface area contributed by atoms with Gasteiger partial charge in [0.25, 0.3) is 0 Å². The monoisotopic (exact) mass is 314 g/mol. The van der Waals surface area contributed by atoms with Crippen molar-refractivity contribution in [3.63, 3.8) is 0 Å². The second-order valence-electron chi connectivity index (χ2n) is 5.54. The van der Waals surface area contributed by atoms with Crippen LogP contribution < -0.4 is 5.32 Å². The van der Waals surface area contributed by atoms with Gasteiger partial charge in [-0.3, -0.25) is 4.90 Å². The largest absolute Gasteiger partial charge is 0.374 e. The molecule has 2 atom stereocenters. The highest BCUT2D eigenvalue weighted by atomic mass is 35.5. The first-order valence-electron chi connectivity index (χ1n) is 7.59. The maximum absolute atomic E-state index is 13.4. The van der Waals surface area contributed by atoms with Crippen molar-refractivity contribution in [3.8, 4) is 0 Å². The van der Waals surface area contributed by atoms with Crippen molar-refractivity contribution >= 4 is 11.6 Å². The number of nitrogens with one attached hydrogen (secondary N) is 1. The van der Waals surface area contributed by atoms with Crippen LogP contribution in [0.1, 0.15) is 18.9 Å². The van der Waals surface area contributed by atoms with Gasteiger partial charge in [-0.2, -0.15) is 0 Å². The Balaban J connectivity index is 2.03. The minimum atomic E-state index is -0.249. The lowest BCUT2D eigenvalue weighted by molar-refractivity contribution is -0.0450. The lowest BCUT2D eigenvalue weighted by Crippen LogP contribution is -2.52. The number of hydrogen-bond acceptors (Lipinski definition) is 3. The molecule has 1 aliphatic heterocycles. The Hall–Kier alpha value is -0.680. The van der Waals surface area contributed by atoms with Crippen LogP contribution in [-0.2, 0) is 11.2 Å². The predicted molar refractivity (Wildman–Crippen MR) is 84.4 cm³/mol. The first kappa shape index (κ1) is 16.7. The molecule has 3 nitrogen and oxygen atoms in total. The Morgan fingerprint density at radius 2 is 2.33 bits per heavy atom. The Labute approximate surface area is 131 Å². The first-order valence-corrected chi connectivity index (χ1v) is 7.97. The van der Waals surface area contributed by atoms with Crippen molar-refractivity contribution in [2.24, 2.45) is 0 Å². The Kier molecular flexibility index (Phi) is 6.42. The number of hydrogen-bond donors (Lipinski definition) is 1. The number of rotatable bonds is 6. The summed E-state index contributed by atoms with van der Waals surface area (Å²) >= 11 is 6.17. The van der Waals surface area contributed by atoms with E-state index in [1.54, 1.807) is 6.07 Å². The average molecular weight is 315 g/mol. The molecule has 21 heavy (non-hydrogen) atoms. The SMILES string of the molecule is CCCN1CCOC(C(Cc2cc(F)ccc2Cl)NC)C1. The van der Waals surface area contributed by atoms with Crippen LogP contribution in [0.2, 0.25) is 5.02 Å². The molecule has 0 spiro atoms. The van der Waals surface area contributed by atoms with E-state index >= 15 is 0 Å². The summed E-state index contributed by atoms with van der Waals surface area (Å²) in [7, 11) is 1.92. The normalized spacial score (nSPS) is 21.4. The number of likely N-dealkylation sites (N-methyl/N-ethyl adjacent to an activating group) is 1. The zero-order chi connectivity index (χ0) is 15.2. The van der Waals surface area contributed by atoms with Gasteiger partial charge in [-0.05, 0) is 50.2 Å². The topological polar surface area (TPSA) is 24.5 Å². The van der Waals surface area contributed by atoms with E-state index in [1.165, 1.54) is 12.1 Å². The highest BCUT2D eigenvalue weighted by Crippen LogP contribution is 2.21. The molecule has 2 rings (SSSR count). The summed E-state index contributed by atoms with van der Waals surface area (Å²) in [5, 5.41) is 3.91. The number of nitrogens with zero attached hydrogens (tertiary/aromatic N) is 1. The van der Waals surface area contributed by atoms with Gasteiger partial charge in [-0.15, -0.1) is 0 Å². The van der Waals surface area contributed by atoms with Crippen molar-refractivity contribution in [1.29, 1.82) is 0 Å². The minimum Gasteiger partial charge on any atom is -0.374 e. The Morgan fingerprint density at radius 1 is 1.52 bits per heavy atom. The van der Waals surface area contributed by atoms with Gasteiger partial charge in [-0.1, -0.05) is 18.5 Å². The van der Waals surface area contributed by atoms with E-state index in [9.17, 15) is 4.39 Å². The third-order valence-corrected chi connectivity index (χ3v) is 4.35. The average Bonchev–Trinajstić information content (AvgIpc) is 2.49. The second-order valence-corrected chi connectivity index (χ2v) is 5.95. The molecule has 0 radical (unpaired) electrons. The molecule has 1 fully saturated rings. The van der Waals surface area contributed by atoms with Gasteiger partial charge in [0.05, 0.1) is 12.7 Å². The smallest absolute Gasteiger partial charge is 0.123 e. The first-order chi connectivity index (χ1) is 10.1. The van der Waals surface area contributed by atoms with Crippen molar-refractivity contribution < 1.29 is 9.13 Å². The maximum Gasteiger partial charge on any atom is 0.123 e. The summed E-state index contributed by atoms with van der Waals surface area (Å²) in [4.78, 5) is 2.42. The van der Waals surface area contributed by atoms with E-state index in [0.29, 0.717) is 11.4 Å². The lowest BCUT2D eigenvalue weighted by atomic mass is 10.00. The summed E-state index contributed by atoms with van der Waals surface area (Å²) in [6.07, 6.45) is 1.92. The molecule has 0 saturated carbocycles. The number of morpholine rings is 1. The van der Waals surface area contributed by atoms with E-state index in [0.717, 1.165) is 38.2 Å². The molecular formula is C16H24ClFN2O. The van der Waals surface area contributed by atoms with Crippen LogP contribution in [0.25, 0.3) is 0 Å². The molecule has 0 bridgehead atoms. The summed E-state index contributed by atoms with van der Waals surface area (Å²) < 4.78 is 19.3. The summed E-state index contributed by atoms with van der Waals surface area (Å²) in [5.74, 6) is -0.249. The zero-order valence-electron chi connectivity index (χ0n) is 12.7. The standard InChI is InChI=1S/C16H24ClFN2O/c1-3-6-20-7-8-21-16(11-20)15(19-2)10-12-9-13(18)4-5-14(12)17/h4-5,9,15-16,19H,3,6-8,10-11H2,1-2H3.